The summed E-state index contributed by atoms with van der Waals surface area (Å²) in [5.41, 5.74) is 1.66. The van der Waals surface area contributed by atoms with Crippen LogP contribution in [0.2, 0.25) is 0 Å². The van der Waals surface area contributed by atoms with E-state index < -0.39 is 0 Å². The molecule has 30 heavy (non-hydrogen) atoms. The van der Waals surface area contributed by atoms with Crippen LogP contribution >= 0.6 is 0 Å². The lowest BCUT2D eigenvalue weighted by atomic mass is 9.92. The smallest absolute Gasteiger partial charge is 0.290 e. The SMILES string of the molecule is Cn1nc(C(C)(C)C)cc1C(=O)N1CCCN1C(=O)CCNC(=O)c1ccccc1. The van der Waals surface area contributed by atoms with Crippen molar-refractivity contribution in [1.29, 1.82) is 0 Å². The van der Waals surface area contributed by atoms with Gasteiger partial charge in [0.15, 0.2) is 0 Å². The Labute approximate surface area is 176 Å². The summed E-state index contributed by atoms with van der Waals surface area (Å²) in [7, 11) is 1.74. The fourth-order valence-corrected chi connectivity index (χ4v) is 3.35. The topological polar surface area (TPSA) is 87.5 Å². The van der Waals surface area contributed by atoms with Gasteiger partial charge in [0, 0.05) is 44.1 Å². The first kappa shape index (κ1) is 21.5. The summed E-state index contributed by atoms with van der Waals surface area (Å²) in [6.45, 7) is 7.31. The summed E-state index contributed by atoms with van der Waals surface area (Å²) in [6, 6.07) is 10.7. The van der Waals surface area contributed by atoms with E-state index >= 15 is 0 Å². The first-order chi connectivity index (χ1) is 14.2. The van der Waals surface area contributed by atoms with Gasteiger partial charge in [-0.2, -0.15) is 5.10 Å². The molecule has 8 nitrogen and oxygen atoms in total. The molecule has 1 fully saturated rings. The molecule has 0 saturated carbocycles. The number of nitrogens with zero attached hydrogens (tertiary/aromatic N) is 4. The van der Waals surface area contributed by atoms with Crippen LogP contribution in [0.1, 0.15) is 60.2 Å². The second kappa shape index (κ2) is 8.69. The Kier molecular flexibility index (Phi) is 6.24. The van der Waals surface area contributed by atoms with Crippen LogP contribution in [0, 0.1) is 0 Å². The number of carbonyl (C=O) groups is 3. The highest BCUT2D eigenvalue weighted by molar-refractivity contribution is 5.95. The summed E-state index contributed by atoms with van der Waals surface area (Å²) in [5, 5.41) is 10.2. The lowest BCUT2D eigenvalue weighted by molar-refractivity contribution is -0.140. The molecule has 1 N–H and O–H groups in total. The number of hydrazine groups is 1. The third-order valence-electron chi connectivity index (χ3n) is 5.08. The van der Waals surface area contributed by atoms with Crippen LogP contribution in [0.5, 0.6) is 0 Å². The van der Waals surface area contributed by atoms with Crippen LogP contribution in [-0.2, 0) is 17.3 Å². The highest BCUT2D eigenvalue weighted by atomic mass is 16.2. The van der Waals surface area contributed by atoms with E-state index in [0.29, 0.717) is 24.3 Å². The van der Waals surface area contributed by atoms with Crippen molar-refractivity contribution in [2.45, 2.75) is 39.0 Å². The van der Waals surface area contributed by atoms with Crippen molar-refractivity contribution in [2.24, 2.45) is 7.05 Å². The van der Waals surface area contributed by atoms with Gasteiger partial charge in [0.05, 0.1) is 5.69 Å². The molecule has 3 amide bonds. The Morgan fingerprint density at radius 2 is 1.73 bits per heavy atom. The van der Waals surface area contributed by atoms with Crippen molar-refractivity contribution in [3.05, 3.63) is 53.3 Å². The van der Waals surface area contributed by atoms with Gasteiger partial charge in [-0.3, -0.25) is 24.1 Å². The van der Waals surface area contributed by atoms with Gasteiger partial charge in [0.25, 0.3) is 11.8 Å². The number of amides is 3. The molecule has 1 saturated heterocycles. The maximum absolute atomic E-state index is 13.1. The Hall–Kier alpha value is -3.16. The molecule has 1 aromatic heterocycles. The van der Waals surface area contributed by atoms with Gasteiger partial charge >= 0.3 is 0 Å². The van der Waals surface area contributed by atoms with Crippen LogP contribution in [0.25, 0.3) is 0 Å². The minimum Gasteiger partial charge on any atom is -0.352 e. The standard InChI is InChI=1S/C22H29N5O3/c1-22(2,3)18-15-17(25(4)24-18)21(30)27-14-8-13-26(27)19(28)11-12-23-20(29)16-9-6-5-7-10-16/h5-7,9-10,15H,8,11-14H2,1-4H3,(H,23,29). The third-order valence-corrected chi connectivity index (χ3v) is 5.08. The van der Waals surface area contributed by atoms with E-state index in [2.05, 4.69) is 10.4 Å². The number of aryl methyl sites for hydroxylation is 1. The summed E-state index contributed by atoms with van der Waals surface area (Å²) in [4.78, 5) is 37.9. The minimum atomic E-state index is -0.236. The van der Waals surface area contributed by atoms with Crippen molar-refractivity contribution < 1.29 is 14.4 Å². The Balaban J connectivity index is 1.61. The van der Waals surface area contributed by atoms with Gasteiger partial charge < -0.3 is 5.32 Å². The number of carbonyl (C=O) groups excluding carboxylic acids is 3. The first-order valence-corrected chi connectivity index (χ1v) is 10.2. The second-order valence-corrected chi connectivity index (χ2v) is 8.46. The van der Waals surface area contributed by atoms with E-state index in [-0.39, 0.29) is 36.1 Å². The fourth-order valence-electron chi connectivity index (χ4n) is 3.35. The highest BCUT2D eigenvalue weighted by Crippen LogP contribution is 2.23. The van der Waals surface area contributed by atoms with E-state index in [1.807, 2.05) is 26.8 Å². The van der Waals surface area contributed by atoms with Gasteiger partial charge in [-0.15, -0.1) is 0 Å². The number of aromatic nitrogens is 2. The lowest BCUT2D eigenvalue weighted by Crippen LogP contribution is -2.46. The van der Waals surface area contributed by atoms with Gasteiger partial charge in [-0.05, 0) is 24.6 Å². The molecule has 160 valence electrons. The number of nitrogens with one attached hydrogen (secondary N) is 1. The molecule has 0 radical (unpaired) electrons. The normalized spacial score (nSPS) is 14.1. The average molecular weight is 412 g/mol. The molecule has 2 heterocycles. The second-order valence-electron chi connectivity index (χ2n) is 8.46. The predicted octanol–water partition coefficient (Wildman–Crippen LogP) is 2.13. The van der Waals surface area contributed by atoms with Crippen molar-refractivity contribution in [2.75, 3.05) is 19.6 Å². The van der Waals surface area contributed by atoms with Crippen LogP contribution < -0.4 is 5.32 Å². The Morgan fingerprint density at radius 1 is 1.07 bits per heavy atom. The van der Waals surface area contributed by atoms with Crippen molar-refractivity contribution in [1.82, 2.24) is 25.1 Å². The molecule has 0 spiro atoms. The van der Waals surface area contributed by atoms with Crippen LogP contribution in [0.3, 0.4) is 0 Å². The van der Waals surface area contributed by atoms with Gasteiger partial charge in [0.1, 0.15) is 5.69 Å². The molecular weight excluding hydrogens is 382 g/mol. The largest absolute Gasteiger partial charge is 0.352 e. The summed E-state index contributed by atoms with van der Waals surface area (Å²) >= 11 is 0. The molecule has 0 atom stereocenters. The fraction of sp³-hybridized carbons (Fsp3) is 0.455. The van der Waals surface area contributed by atoms with Crippen LogP contribution in [-0.4, -0.2) is 57.2 Å². The monoisotopic (exact) mass is 411 g/mol. The number of hydrogen-bond donors (Lipinski definition) is 1. The molecule has 1 aliphatic heterocycles. The van der Waals surface area contributed by atoms with E-state index in [4.69, 9.17) is 0 Å². The summed E-state index contributed by atoms with van der Waals surface area (Å²) < 4.78 is 1.57. The number of hydrogen-bond acceptors (Lipinski definition) is 4. The zero-order chi connectivity index (χ0) is 21.9. The first-order valence-electron chi connectivity index (χ1n) is 10.2. The van der Waals surface area contributed by atoms with E-state index in [9.17, 15) is 14.4 Å². The van der Waals surface area contributed by atoms with Gasteiger partial charge in [-0.1, -0.05) is 39.0 Å². The van der Waals surface area contributed by atoms with Gasteiger partial charge in [-0.25, -0.2) is 5.01 Å². The molecule has 2 aromatic rings. The highest BCUT2D eigenvalue weighted by Gasteiger charge is 2.33. The third kappa shape index (κ3) is 4.69. The quantitative estimate of drug-likeness (QED) is 0.816. The van der Waals surface area contributed by atoms with Crippen molar-refractivity contribution in [3.8, 4) is 0 Å². The van der Waals surface area contributed by atoms with E-state index in [1.165, 1.54) is 10.0 Å². The van der Waals surface area contributed by atoms with E-state index in [0.717, 1.165) is 12.1 Å². The molecule has 8 heteroatoms. The molecule has 0 bridgehead atoms. The Morgan fingerprint density at radius 3 is 2.37 bits per heavy atom. The zero-order valence-corrected chi connectivity index (χ0v) is 18.0. The molecular formula is C22H29N5O3. The number of rotatable bonds is 5. The molecule has 1 aliphatic rings. The minimum absolute atomic E-state index is 0.126. The van der Waals surface area contributed by atoms with Crippen LogP contribution in [0.15, 0.2) is 36.4 Å². The summed E-state index contributed by atoms with van der Waals surface area (Å²) in [6.07, 6.45) is 0.846. The molecule has 0 unspecified atom stereocenters. The predicted molar refractivity (Wildman–Crippen MR) is 113 cm³/mol. The van der Waals surface area contributed by atoms with Crippen LogP contribution in [0.4, 0.5) is 0 Å². The average Bonchev–Trinajstić information content (AvgIpc) is 3.34. The molecule has 3 rings (SSSR count). The zero-order valence-electron chi connectivity index (χ0n) is 18.0. The summed E-state index contributed by atoms with van der Waals surface area (Å²) in [5.74, 6) is -0.644. The molecule has 1 aromatic carbocycles. The van der Waals surface area contributed by atoms with E-state index in [1.54, 1.807) is 42.1 Å². The van der Waals surface area contributed by atoms with Crippen molar-refractivity contribution >= 4 is 17.7 Å². The van der Waals surface area contributed by atoms with Crippen molar-refractivity contribution in [3.63, 3.8) is 0 Å². The lowest BCUT2D eigenvalue weighted by Gasteiger charge is -2.27. The Bertz CT molecular complexity index is 930. The maximum atomic E-state index is 13.1. The maximum Gasteiger partial charge on any atom is 0.290 e. The van der Waals surface area contributed by atoms with Gasteiger partial charge in [0.2, 0.25) is 5.91 Å². The number of benzene rings is 1. The molecule has 0 aliphatic carbocycles.